The van der Waals surface area contributed by atoms with Crippen molar-refractivity contribution in [1.29, 1.82) is 0 Å². The summed E-state index contributed by atoms with van der Waals surface area (Å²) in [5.74, 6) is 0. The maximum Gasteiger partial charge on any atom is 0.206 e. The molecule has 0 aliphatic carbocycles. The summed E-state index contributed by atoms with van der Waals surface area (Å²) in [6.45, 7) is 0. The topological polar surface area (TPSA) is 48.9 Å². The zero-order valence-corrected chi connectivity index (χ0v) is 34.2. The SMILES string of the molecule is O=S(=O)(c1ccc2c(c1)c1ccccc1n2-c1cccc(-n2c3ccccc3c3ccccc32)c1)c1ccc2c(c1)c1ccccc1n2-c1ccc2sc3ccccc3c2c1. The third-order valence-corrected chi connectivity index (χ3v) is 15.4. The van der Waals surface area contributed by atoms with Gasteiger partial charge in [0.1, 0.15) is 0 Å². The molecule has 0 N–H and O–H groups in total. The van der Waals surface area contributed by atoms with Gasteiger partial charge in [0.05, 0.1) is 42.9 Å². The molecular formula is C54H33N3O2S2. The Hall–Kier alpha value is -7.45. The molecule has 4 aromatic heterocycles. The Morgan fingerprint density at radius 1 is 0.295 bits per heavy atom. The molecule has 288 valence electrons. The summed E-state index contributed by atoms with van der Waals surface area (Å²) in [6, 6.07) is 68.5. The number of para-hydroxylation sites is 4. The number of hydrogen-bond acceptors (Lipinski definition) is 3. The molecular weight excluding hydrogens is 787 g/mol. The van der Waals surface area contributed by atoms with Gasteiger partial charge in [-0.05, 0) is 103 Å². The van der Waals surface area contributed by atoms with Gasteiger partial charge in [0.25, 0.3) is 0 Å². The number of benzene rings is 9. The van der Waals surface area contributed by atoms with Crippen LogP contribution in [0.3, 0.4) is 0 Å². The number of sulfone groups is 1. The van der Waals surface area contributed by atoms with Gasteiger partial charge in [0.15, 0.2) is 0 Å². The maximum atomic E-state index is 14.8. The van der Waals surface area contributed by atoms with Crippen LogP contribution in [0, 0.1) is 0 Å². The van der Waals surface area contributed by atoms with E-state index in [-0.39, 0.29) is 9.79 Å². The summed E-state index contributed by atoms with van der Waals surface area (Å²) in [4.78, 5) is 0.531. The van der Waals surface area contributed by atoms with Gasteiger partial charge < -0.3 is 13.7 Å². The van der Waals surface area contributed by atoms with Crippen molar-refractivity contribution < 1.29 is 8.42 Å². The van der Waals surface area contributed by atoms with Crippen LogP contribution in [-0.2, 0) is 9.84 Å². The molecule has 13 rings (SSSR count). The van der Waals surface area contributed by atoms with E-state index in [1.807, 2.05) is 48.5 Å². The molecule has 13 aromatic rings. The van der Waals surface area contributed by atoms with E-state index < -0.39 is 9.84 Å². The maximum absolute atomic E-state index is 14.8. The van der Waals surface area contributed by atoms with Crippen molar-refractivity contribution in [2.45, 2.75) is 9.79 Å². The molecule has 0 saturated carbocycles. The van der Waals surface area contributed by atoms with Gasteiger partial charge in [-0.1, -0.05) is 97.1 Å². The minimum absolute atomic E-state index is 0.264. The lowest BCUT2D eigenvalue weighted by Crippen LogP contribution is -2.02. The predicted molar refractivity (Wildman–Crippen MR) is 254 cm³/mol. The zero-order valence-electron chi connectivity index (χ0n) is 32.5. The minimum atomic E-state index is -3.91. The van der Waals surface area contributed by atoms with E-state index in [0.717, 1.165) is 71.7 Å². The second-order valence-electron chi connectivity index (χ2n) is 15.7. The highest BCUT2D eigenvalue weighted by Gasteiger charge is 2.23. The molecule has 0 atom stereocenters. The first-order valence-corrected chi connectivity index (χ1v) is 22.6. The van der Waals surface area contributed by atoms with Crippen LogP contribution in [0.4, 0.5) is 0 Å². The molecule has 5 nitrogen and oxygen atoms in total. The van der Waals surface area contributed by atoms with Crippen molar-refractivity contribution in [2.75, 3.05) is 0 Å². The molecule has 0 bridgehead atoms. The van der Waals surface area contributed by atoms with Crippen molar-refractivity contribution in [3.8, 4) is 17.1 Å². The number of hydrogen-bond donors (Lipinski definition) is 0. The monoisotopic (exact) mass is 819 g/mol. The first kappa shape index (κ1) is 34.4. The number of nitrogens with zero attached hydrogens (tertiary/aromatic N) is 3. The van der Waals surface area contributed by atoms with Crippen molar-refractivity contribution in [2.24, 2.45) is 0 Å². The highest BCUT2D eigenvalue weighted by Crippen LogP contribution is 2.40. The number of aromatic nitrogens is 3. The van der Waals surface area contributed by atoms with Gasteiger partial charge in [0, 0.05) is 69.6 Å². The van der Waals surface area contributed by atoms with E-state index in [1.165, 1.54) is 30.9 Å². The van der Waals surface area contributed by atoms with E-state index in [4.69, 9.17) is 0 Å². The lowest BCUT2D eigenvalue weighted by molar-refractivity contribution is 0.596. The highest BCUT2D eigenvalue weighted by molar-refractivity contribution is 7.91. The standard InChI is InChI=1S/C54H33N3O2S2/c58-61(59,38-26-28-52-45(33-38)42-17-4-9-22-50(42)57(52)36-24-29-54-46(31-36)43-18-5-10-23-53(43)60-54)37-25-27-51-44(32-37)41-16-3-8-21-49(41)56(51)35-13-11-12-34(30-35)55-47-19-6-1-14-39(47)40-15-2-7-20-48(40)55/h1-33H. The Bertz CT molecular complexity index is 4040. The lowest BCUT2D eigenvalue weighted by atomic mass is 10.1. The smallest absolute Gasteiger partial charge is 0.206 e. The molecule has 0 aliphatic rings. The average molecular weight is 820 g/mol. The van der Waals surface area contributed by atoms with Crippen LogP contribution in [0.25, 0.3) is 103 Å². The third-order valence-electron chi connectivity index (χ3n) is 12.5. The molecule has 61 heavy (non-hydrogen) atoms. The van der Waals surface area contributed by atoms with Gasteiger partial charge in [-0.25, -0.2) is 8.42 Å². The summed E-state index contributed by atoms with van der Waals surface area (Å²) in [6.07, 6.45) is 0. The number of thiophene rings is 1. The summed E-state index contributed by atoms with van der Waals surface area (Å²) >= 11 is 1.80. The van der Waals surface area contributed by atoms with Gasteiger partial charge in [0.2, 0.25) is 9.84 Å². The van der Waals surface area contributed by atoms with Gasteiger partial charge in [-0.3, -0.25) is 0 Å². The molecule has 9 aromatic carbocycles. The molecule has 4 heterocycles. The second-order valence-corrected chi connectivity index (χ2v) is 18.8. The quantitative estimate of drug-likeness (QED) is 0.174. The molecule has 0 amide bonds. The molecule has 0 fully saturated rings. The Morgan fingerprint density at radius 2 is 0.689 bits per heavy atom. The largest absolute Gasteiger partial charge is 0.309 e. The summed E-state index contributed by atoms with van der Waals surface area (Å²) < 4.78 is 38.9. The molecule has 0 saturated heterocycles. The van der Waals surface area contributed by atoms with Crippen LogP contribution in [-0.4, -0.2) is 22.1 Å². The Kier molecular flexibility index (Phi) is 7.21. The Balaban J connectivity index is 0.945. The first-order chi connectivity index (χ1) is 30.0. The van der Waals surface area contributed by atoms with Crippen molar-refractivity contribution in [3.05, 3.63) is 200 Å². The molecule has 0 spiro atoms. The van der Waals surface area contributed by atoms with E-state index >= 15 is 0 Å². The average Bonchev–Trinajstić information content (AvgIpc) is 4.05. The second kappa shape index (κ2) is 12.8. The summed E-state index contributed by atoms with van der Waals surface area (Å²) in [5, 5.41) is 8.66. The lowest BCUT2D eigenvalue weighted by Gasteiger charge is -2.13. The van der Waals surface area contributed by atoms with Crippen LogP contribution in [0.1, 0.15) is 0 Å². The fourth-order valence-electron chi connectivity index (χ4n) is 9.76. The highest BCUT2D eigenvalue weighted by atomic mass is 32.2. The summed E-state index contributed by atoms with van der Waals surface area (Å²) in [7, 11) is -3.91. The predicted octanol–water partition coefficient (Wildman–Crippen LogP) is 14.2. The number of rotatable bonds is 5. The van der Waals surface area contributed by atoms with Crippen LogP contribution >= 0.6 is 11.3 Å². The molecule has 0 radical (unpaired) electrons. The third kappa shape index (κ3) is 4.96. The Labute approximate surface area is 354 Å². The fraction of sp³-hybridized carbons (Fsp3) is 0. The van der Waals surface area contributed by atoms with Crippen molar-refractivity contribution >= 4 is 107 Å². The van der Waals surface area contributed by atoms with Gasteiger partial charge >= 0.3 is 0 Å². The molecule has 7 heteroatoms. The molecule has 0 unspecified atom stereocenters. The van der Waals surface area contributed by atoms with E-state index in [9.17, 15) is 8.42 Å². The van der Waals surface area contributed by atoms with E-state index in [1.54, 1.807) is 23.5 Å². The Morgan fingerprint density at radius 3 is 1.20 bits per heavy atom. The van der Waals surface area contributed by atoms with Crippen LogP contribution in [0.15, 0.2) is 210 Å². The summed E-state index contributed by atoms with van der Waals surface area (Å²) in [5.41, 5.74) is 9.32. The van der Waals surface area contributed by atoms with Crippen molar-refractivity contribution in [1.82, 2.24) is 13.7 Å². The van der Waals surface area contributed by atoms with Crippen molar-refractivity contribution in [3.63, 3.8) is 0 Å². The van der Waals surface area contributed by atoms with E-state index in [0.29, 0.717) is 0 Å². The van der Waals surface area contributed by atoms with Gasteiger partial charge in [-0.15, -0.1) is 11.3 Å². The first-order valence-electron chi connectivity index (χ1n) is 20.3. The van der Waals surface area contributed by atoms with E-state index in [2.05, 4.69) is 153 Å². The number of fused-ring (bicyclic) bond motifs is 12. The zero-order chi connectivity index (χ0) is 40.4. The van der Waals surface area contributed by atoms with Crippen LogP contribution < -0.4 is 0 Å². The fourth-order valence-corrected chi connectivity index (χ4v) is 12.2. The van der Waals surface area contributed by atoms with Crippen LogP contribution in [0.5, 0.6) is 0 Å². The van der Waals surface area contributed by atoms with Gasteiger partial charge in [-0.2, -0.15) is 0 Å². The van der Waals surface area contributed by atoms with Crippen LogP contribution in [0.2, 0.25) is 0 Å². The molecule has 0 aliphatic heterocycles. The minimum Gasteiger partial charge on any atom is -0.309 e. The normalized spacial score (nSPS) is 12.4.